The molecule has 5 nitrogen and oxygen atoms in total. The molecule has 0 heterocycles. The lowest BCUT2D eigenvalue weighted by molar-refractivity contribution is -0.119. The highest BCUT2D eigenvalue weighted by molar-refractivity contribution is 5.81. The van der Waals surface area contributed by atoms with E-state index in [1.54, 1.807) is 0 Å². The molecule has 0 unspecified atom stereocenters. The highest BCUT2D eigenvalue weighted by Crippen LogP contribution is 2.23. The van der Waals surface area contributed by atoms with E-state index < -0.39 is 0 Å². The SMILES string of the molecule is CCOc1ccccc1NCC(=O)NCCC#N. The number of carbonyl (C=O) groups is 1. The Hall–Kier alpha value is -2.22. The first-order chi connectivity index (χ1) is 8.77. The number of nitriles is 1. The average Bonchev–Trinajstić information content (AvgIpc) is 2.38. The zero-order chi connectivity index (χ0) is 13.2. The van der Waals surface area contributed by atoms with E-state index in [1.165, 1.54) is 0 Å². The van der Waals surface area contributed by atoms with E-state index in [0.29, 0.717) is 19.6 Å². The summed E-state index contributed by atoms with van der Waals surface area (Å²) in [4.78, 5) is 11.4. The van der Waals surface area contributed by atoms with Crippen LogP contribution in [0.2, 0.25) is 0 Å². The summed E-state index contributed by atoms with van der Waals surface area (Å²) >= 11 is 0. The van der Waals surface area contributed by atoms with E-state index in [9.17, 15) is 4.79 Å². The van der Waals surface area contributed by atoms with Crippen LogP contribution in [0.5, 0.6) is 5.75 Å². The van der Waals surface area contributed by atoms with E-state index >= 15 is 0 Å². The number of hydrogen-bond donors (Lipinski definition) is 2. The number of amides is 1. The van der Waals surface area contributed by atoms with Crippen molar-refractivity contribution in [2.75, 3.05) is 25.0 Å². The normalized spacial score (nSPS) is 9.33. The first-order valence-corrected chi connectivity index (χ1v) is 5.87. The largest absolute Gasteiger partial charge is 0.492 e. The molecule has 96 valence electrons. The Morgan fingerprint density at radius 2 is 2.22 bits per heavy atom. The van der Waals surface area contributed by atoms with Crippen LogP contribution in [0, 0.1) is 11.3 Å². The van der Waals surface area contributed by atoms with Gasteiger partial charge in [0.2, 0.25) is 5.91 Å². The Morgan fingerprint density at radius 3 is 2.94 bits per heavy atom. The number of carbonyl (C=O) groups excluding carboxylic acids is 1. The monoisotopic (exact) mass is 247 g/mol. The molecule has 1 amide bonds. The van der Waals surface area contributed by atoms with Crippen molar-refractivity contribution in [2.24, 2.45) is 0 Å². The van der Waals surface area contributed by atoms with Crippen LogP contribution in [0.4, 0.5) is 5.69 Å². The smallest absolute Gasteiger partial charge is 0.239 e. The van der Waals surface area contributed by atoms with Gasteiger partial charge in [0.15, 0.2) is 0 Å². The molecule has 0 radical (unpaired) electrons. The highest BCUT2D eigenvalue weighted by Gasteiger charge is 2.04. The van der Waals surface area contributed by atoms with E-state index in [2.05, 4.69) is 10.6 Å². The predicted molar refractivity (Wildman–Crippen MR) is 69.3 cm³/mol. The molecule has 0 fully saturated rings. The van der Waals surface area contributed by atoms with Crippen molar-refractivity contribution < 1.29 is 9.53 Å². The molecular weight excluding hydrogens is 230 g/mol. The molecule has 2 N–H and O–H groups in total. The van der Waals surface area contributed by atoms with Crippen molar-refractivity contribution in [3.8, 4) is 11.8 Å². The van der Waals surface area contributed by atoms with Gasteiger partial charge in [-0.1, -0.05) is 12.1 Å². The van der Waals surface area contributed by atoms with Gasteiger partial charge in [-0.2, -0.15) is 5.26 Å². The number of anilines is 1. The summed E-state index contributed by atoms with van der Waals surface area (Å²) in [5.74, 6) is 0.585. The summed E-state index contributed by atoms with van der Waals surface area (Å²) in [5.41, 5.74) is 0.787. The number of nitrogens with zero attached hydrogens (tertiary/aromatic N) is 1. The topological polar surface area (TPSA) is 74.2 Å². The van der Waals surface area contributed by atoms with Crippen LogP contribution in [0.1, 0.15) is 13.3 Å². The van der Waals surface area contributed by atoms with Gasteiger partial charge in [0.05, 0.1) is 31.3 Å². The molecule has 0 saturated heterocycles. The maximum Gasteiger partial charge on any atom is 0.239 e. The van der Waals surface area contributed by atoms with E-state index in [1.807, 2.05) is 37.3 Å². The molecule has 5 heteroatoms. The number of nitrogens with one attached hydrogen (secondary N) is 2. The number of rotatable bonds is 7. The van der Waals surface area contributed by atoms with E-state index in [0.717, 1.165) is 11.4 Å². The molecule has 18 heavy (non-hydrogen) atoms. The number of benzene rings is 1. The van der Waals surface area contributed by atoms with Crippen LogP contribution in [0.25, 0.3) is 0 Å². The van der Waals surface area contributed by atoms with Crippen LogP contribution >= 0.6 is 0 Å². The minimum Gasteiger partial charge on any atom is -0.492 e. The Morgan fingerprint density at radius 1 is 1.44 bits per heavy atom. The van der Waals surface area contributed by atoms with Gasteiger partial charge in [-0.05, 0) is 19.1 Å². The molecule has 0 aliphatic carbocycles. The van der Waals surface area contributed by atoms with Gasteiger partial charge in [0.25, 0.3) is 0 Å². The summed E-state index contributed by atoms with van der Waals surface area (Å²) in [6.07, 6.45) is 0.321. The molecule has 0 aliphatic rings. The van der Waals surface area contributed by atoms with Crippen LogP contribution < -0.4 is 15.4 Å². The van der Waals surface area contributed by atoms with Gasteiger partial charge in [-0.3, -0.25) is 4.79 Å². The molecule has 0 spiro atoms. The second-order valence-electron chi connectivity index (χ2n) is 3.54. The second-order valence-corrected chi connectivity index (χ2v) is 3.54. The van der Waals surface area contributed by atoms with Gasteiger partial charge in [-0.25, -0.2) is 0 Å². The zero-order valence-corrected chi connectivity index (χ0v) is 10.4. The average molecular weight is 247 g/mol. The first kappa shape index (κ1) is 13.8. The van der Waals surface area contributed by atoms with Crippen LogP contribution in [0.15, 0.2) is 24.3 Å². The summed E-state index contributed by atoms with van der Waals surface area (Å²) in [6, 6.07) is 9.42. The van der Waals surface area contributed by atoms with Gasteiger partial charge in [0, 0.05) is 6.54 Å². The lowest BCUT2D eigenvalue weighted by atomic mass is 10.3. The van der Waals surface area contributed by atoms with Crippen LogP contribution in [0.3, 0.4) is 0 Å². The maximum absolute atomic E-state index is 11.4. The standard InChI is InChI=1S/C13H17N3O2/c1-2-18-12-7-4-3-6-11(12)16-10-13(17)15-9-5-8-14/h3-4,6-7,16H,2,5,9-10H2,1H3,(H,15,17). The van der Waals surface area contributed by atoms with Crippen molar-refractivity contribution >= 4 is 11.6 Å². The summed E-state index contributed by atoms with van der Waals surface area (Å²) in [7, 11) is 0. The lowest BCUT2D eigenvalue weighted by Crippen LogP contribution is -2.30. The van der Waals surface area contributed by atoms with Crippen molar-refractivity contribution in [3.63, 3.8) is 0 Å². The van der Waals surface area contributed by atoms with Crippen molar-refractivity contribution in [3.05, 3.63) is 24.3 Å². The lowest BCUT2D eigenvalue weighted by Gasteiger charge is -2.11. The minimum atomic E-state index is -0.142. The second kappa shape index (κ2) is 7.96. The molecule has 1 aromatic carbocycles. The molecular formula is C13H17N3O2. The van der Waals surface area contributed by atoms with Gasteiger partial charge in [-0.15, -0.1) is 0 Å². The highest BCUT2D eigenvalue weighted by atomic mass is 16.5. The molecule has 0 aliphatic heterocycles. The third kappa shape index (κ3) is 4.74. The predicted octanol–water partition coefficient (Wildman–Crippen LogP) is 1.53. The van der Waals surface area contributed by atoms with Gasteiger partial charge < -0.3 is 15.4 Å². The summed E-state index contributed by atoms with van der Waals surface area (Å²) < 4.78 is 5.43. The Kier molecular flexibility index (Phi) is 6.12. The molecule has 0 atom stereocenters. The molecule has 0 bridgehead atoms. The molecule has 0 aromatic heterocycles. The zero-order valence-electron chi connectivity index (χ0n) is 10.4. The van der Waals surface area contributed by atoms with E-state index in [4.69, 9.17) is 10.00 Å². The summed E-state index contributed by atoms with van der Waals surface area (Å²) in [5, 5.41) is 14.0. The fraction of sp³-hybridized carbons (Fsp3) is 0.385. The third-order valence-corrected chi connectivity index (χ3v) is 2.19. The Balaban J connectivity index is 2.43. The van der Waals surface area contributed by atoms with Gasteiger partial charge in [0.1, 0.15) is 5.75 Å². The quantitative estimate of drug-likeness (QED) is 0.716. The van der Waals surface area contributed by atoms with Crippen molar-refractivity contribution in [1.29, 1.82) is 5.26 Å². The maximum atomic E-state index is 11.4. The van der Waals surface area contributed by atoms with Crippen LogP contribution in [-0.2, 0) is 4.79 Å². The number of para-hydroxylation sites is 2. The molecule has 1 rings (SSSR count). The Bertz CT molecular complexity index is 426. The third-order valence-electron chi connectivity index (χ3n) is 2.19. The minimum absolute atomic E-state index is 0.142. The fourth-order valence-corrected chi connectivity index (χ4v) is 1.39. The van der Waals surface area contributed by atoms with E-state index in [-0.39, 0.29) is 12.5 Å². The van der Waals surface area contributed by atoms with Crippen molar-refractivity contribution in [2.45, 2.75) is 13.3 Å². The molecule has 0 saturated carbocycles. The Labute approximate surface area is 107 Å². The fourth-order valence-electron chi connectivity index (χ4n) is 1.39. The van der Waals surface area contributed by atoms with Gasteiger partial charge >= 0.3 is 0 Å². The summed E-state index contributed by atoms with van der Waals surface area (Å²) in [6.45, 7) is 3.03. The molecule has 1 aromatic rings. The van der Waals surface area contributed by atoms with Crippen molar-refractivity contribution in [1.82, 2.24) is 5.32 Å². The number of ether oxygens (including phenoxy) is 1. The van der Waals surface area contributed by atoms with Crippen LogP contribution in [-0.4, -0.2) is 25.6 Å². The first-order valence-electron chi connectivity index (χ1n) is 5.87. The number of hydrogen-bond acceptors (Lipinski definition) is 4.